The molecule has 0 atom stereocenters. The Labute approximate surface area is 107 Å². The Balaban J connectivity index is 2.31. The average molecular weight is 251 g/mol. The summed E-state index contributed by atoms with van der Waals surface area (Å²) < 4.78 is 20.6. The minimum absolute atomic E-state index is 0.405. The molecule has 0 aliphatic carbocycles. The summed E-state index contributed by atoms with van der Waals surface area (Å²) in [5.41, 5.74) is 0. The molecule has 18 heavy (non-hydrogen) atoms. The highest BCUT2D eigenvalue weighted by atomic mass is 16.5. The van der Waals surface area contributed by atoms with E-state index < -0.39 is 0 Å². The van der Waals surface area contributed by atoms with Gasteiger partial charge in [0.1, 0.15) is 26.4 Å². The van der Waals surface area contributed by atoms with Crippen LogP contribution < -0.4 is 9.47 Å². The number of rotatable bonds is 10. The van der Waals surface area contributed by atoms with Crippen molar-refractivity contribution in [1.82, 2.24) is 4.98 Å². The fourth-order valence-corrected chi connectivity index (χ4v) is 1.11. The first kappa shape index (κ1) is 13.9. The van der Waals surface area contributed by atoms with E-state index in [0.29, 0.717) is 38.2 Å². The van der Waals surface area contributed by atoms with E-state index >= 15 is 0 Å². The lowest BCUT2D eigenvalue weighted by molar-refractivity contribution is 0.167. The minimum Gasteiger partial charge on any atom is -0.498 e. The van der Waals surface area contributed by atoms with Gasteiger partial charge in [0.2, 0.25) is 11.8 Å². The topological polar surface area (TPSA) is 49.8 Å². The van der Waals surface area contributed by atoms with Crippen LogP contribution in [0, 0.1) is 0 Å². The molecule has 98 valence electrons. The van der Waals surface area contributed by atoms with Gasteiger partial charge in [0.05, 0.1) is 12.5 Å². The van der Waals surface area contributed by atoms with Crippen molar-refractivity contribution in [2.24, 2.45) is 0 Å². The summed E-state index contributed by atoms with van der Waals surface area (Å²) in [6.45, 7) is 8.55. The molecule has 0 unspecified atom stereocenters. The Morgan fingerprint density at radius 1 is 0.889 bits per heavy atom. The maximum Gasteiger partial charge on any atom is 0.216 e. The van der Waals surface area contributed by atoms with Crippen LogP contribution in [-0.4, -0.2) is 31.4 Å². The summed E-state index contributed by atoms with van der Waals surface area (Å²) in [7, 11) is 0. The van der Waals surface area contributed by atoms with Crippen LogP contribution in [0.4, 0.5) is 0 Å². The van der Waals surface area contributed by atoms with Gasteiger partial charge in [-0.2, -0.15) is 4.98 Å². The van der Waals surface area contributed by atoms with Crippen LogP contribution in [0.1, 0.15) is 0 Å². The number of aromatic nitrogens is 1. The van der Waals surface area contributed by atoms with Crippen molar-refractivity contribution in [2.45, 2.75) is 0 Å². The van der Waals surface area contributed by atoms with Gasteiger partial charge in [-0.05, 0) is 0 Å². The van der Waals surface area contributed by atoms with Crippen molar-refractivity contribution in [1.29, 1.82) is 0 Å². The van der Waals surface area contributed by atoms with E-state index in [2.05, 4.69) is 18.1 Å². The Morgan fingerprint density at radius 2 is 1.39 bits per heavy atom. The molecule has 0 saturated carbocycles. The van der Waals surface area contributed by atoms with Gasteiger partial charge in [-0.15, -0.1) is 0 Å². The smallest absolute Gasteiger partial charge is 0.216 e. The molecule has 0 spiro atoms. The Bertz CT molecular complexity index is 337. The third-order valence-corrected chi connectivity index (χ3v) is 1.84. The molecular weight excluding hydrogens is 234 g/mol. The lowest BCUT2D eigenvalue weighted by Gasteiger charge is -2.08. The number of hydrogen-bond donors (Lipinski definition) is 0. The van der Waals surface area contributed by atoms with Gasteiger partial charge in [0, 0.05) is 12.1 Å². The van der Waals surface area contributed by atoms with Gasteiger partial charge in [-0.3, -0.25) is 0 Å². The molecule has 5 heteroatoms. The number of pyridine rings is 1. The molecular formula is C13H17NO4. The molecule has 0 aromatic carbocycles. The highest BCUT2D eigenvalue weighted by Crippen LogP contribution is 2.13. The van der Waals surface area contributed by atoms with Crippen LogP contribution in [0.3, 0.4) is 0 Å². The lowest BCUT2D eigenvalue weighted by atomic mass is 10.5. The summed E-state index contributed by atoms with van der Waals surface area (Å²) in [6, 6.07) is 5.31. The molecule has 1 rings (SSSR count). The van der Waals surface area contributed by atoms with Crippen LogP contribution in [0.2, 0.25) is 0 Å². The van der Waals surface area contributed by atoms with Crippen molar-refractivity contribution in [2.75, 3.05) is 26.4 Å². The first-order chi connectivity index (χ1) is 8.86. The maximum absolute atomic E-state index is 5.36. The second-order valence-electron chi connectivity index (χ2n) is 3.09. The molecule has 0 fully saturated rings. The van der Waals surface area contributed by atoms with Gasteiger partial charge in [-0.1, -0.05) is 19.2 Å². The van der Waals surface area contributed by atoms with Crippen LogP contribution >= 0.6 is 0 Å². The van der Waals surface area contributed by atoms with Crippen molar-refractivity contribution < 1.29 is 18.9 Å². The van der Waals surface area contributed by atoms with E-state index in [1.807, 2.05) is 0 Å². The fraction of sp³-hybridized carbons (Fsp3) is 0.308. The van der Waals surface area contributed by atoms with E-state index in [1.165, 1.54) is 12.5 Å². The molecule has 0 radical (unpaired) electrons. The largest absolute Gasteiger partial charge is 0.498 e. The molecule has 1 aromatic rings. The lowest BCUT2D eigenvalue weighted by Crippen LogP contribution is -2.07. The first-order valence-corrected chi connectivity index (χ1v) is 5.54. The summed E-state index contributed by atoms with van der Waals surface area (Å²) in [5.74, 6) is 0.981. The third kappa shape index (κ3) is 5.79. The molecule has 0 N–H and O–H groups in total. The molecule has 1 heterocycles. The van der Waals surface area contributed by atoms with Gasteiger partial charge in [0.15, 0.2) is 0 Å². The highest BCUT2D eigenvalue weighted by molar-refractivity contribution is 5.19. The van der Waals surface area contributed by atoms with Gasteiger partial charge in [-0.25, -0.2) is 0 Å². The van der Waals surface area contributed by atoms with Gasteiger partial charge < -0.3 is 18.9 Å². The second kappa shape index (κ2) is 8.92. The van der Waals surface area contributed by atoms with Crippen molar-refractivity contribution in [3.63, 3.8) is 0 Å². The van der Waals surface area contributed by atoms with Crippen LogP contribution in [0.5, 0.6) is 11.8 Å². The predicted octanol–water partition coefficient (Wildman–Crippen LogP) is 2.16. The molecule has 0 bridgehead atoms. The van der Waals surface area contributed by atoms with E-state index in [1.54, 1.807) is 18.2 Å². The summed E-state index contributed by atoms with van der Waals surface area (Å²) in [6.07, 6.45) is 2.74. The van der Waals surface area contributed by atoms with Crippen molar-refractivity contribution in [3.8, 4) is 11.8 Å². The molecule has 0 amide bonds. The standard InChI is InChI=1S/C13H17NO4/c1-3-15-8-10-17-12-6-5-7-13(14-12)18-11-9-16-4-2/h3-7H,1-2,8-11H2. The Morgan fingerprint density at radius 3 is 1.83 bits per heavy atom. The summed E-state index contributed by atoms with van der Waals surface area (Å²) >= 11 is 0. The van der Waals surface area contributed by atoms with Crippen molar-refractivity contribution in [3.05, 3.63) is 43.9 Å². The molecule has 0 saturated heterocycles. The van der Waals surface area contributed by atoms with E-state index in [0.717, 1.165) is 0 Å². The van der Waals surface area contributed by atoms with Crippen LogP contribution in [-0.2, 0) is 9.47 Å². The van der Waals surface area contributed by atoms with Gasteiger partial charge >= 0.3 is 0 Å². The van der Waals surface area contributed by atoms with E-state index in [-0.39, 0.29) is 0 Å². The van der Waals surface area contributed by atoms with Crippen molar-refractivity contribution >= 4 is 0 Å². The molecule has 1 aromatic heterocycles. The maximum atomic E-state index is 5.36. The average Bonchev–Trinajstić information content (AvgIpc) is 2.40. The number of hydrogen-bond acceptors (Lipinski definition) is 5. The number of nitrogens with zero attached hydrogens (tertiary/aromatic N) is 1. The molecule has 5 nitrogen and oxygen atoms in total. The monoisotopic (exact) mass is 251 g/mol. The van der Waals surface area contributed by atoms with E-state index in [4.69, 9.17) is 18.9 Å². The Hall–Kier alpha value is -2.17. The van der Waals surface area contributed by atoms with Crippen LogP contribution in [0.25, 0.3) is 0 Å². The second-order valence-corrected chi connectivity index (χ2v) is 3.09. The summed E-state index contributed by atoms with van der Waals surface area (Å²) in [4.78, 5) is 4.16. The normalized spacial score (nSPS) is 9.33. The predicted molar refractivity (Wildman–Crippen MR) is 67.5 cm³/mol. The first-order valence-electron chi connectivity index (χ1n) is 5.54. The quantitative estimate of drug-likeness (QED) is 0.471. The number of ether oxygens (including phenoxy) is 4. The zero-order valence-corrected chi connectivity index (χ0v) is 10.2. The molecule has 0 aliphatic rings. The zero-order valence-electron chi connectivity index (χ0n) is 10.2. The SMILES string of the molecule is C=COCCOc1cccc(OCCOC=C)n1. The van der Waals surface area contributed by atoms with E-state index in [9.17, 15) is 0 Å². The third-order valence-electron chi connectivity index (χ3n) is 1.84. The Kier molecular flexibility index (Phi) is 6.89. The van der Waals surface area contributed by atoms with Gasteiger partial charge in [0.25, 0.3) is 0 Å². The zero-order chi connectivity index (χ0) is 13.1. The fourth-order valence-electron chi connectivity index (χ4n) is 1.11. The molecule has 0 aliphatic heterocycles. The van der Waals surface area contributed by atoms with Crippen LogP contribution in [0.15, 0.2) is 43.9 Å². The summed E-state index contributed by atoms with van der Waals surface area (Å²) in [5, 5.41) is 0. The highest BCUT2D eigenvalue weighted by Gasteiger charge is 1.99. The minimum atomic E-state index is 0.405.